The van der Waals surface area contributed by atoms with Crippen molar-refractivity contribution in [3.05, 3.63) is 63.6 Å². The van der Waals surface area contributed by atoms with Crippen molar-refractivity contribution in [3.63, 3.8) is 0 Å². The molecule has 0 aliphatic heterocycles. The number of benzene rings is 2. The van der Waals surface area contributed by atoms with Crippen LogP contribution in [0.1, 0.15) is 16.7 Å². The number of aryl methyl sites for hydroxylation is 2. The van der Waals surface area contributed by atoms with Crippen LogP contribution >= 0.6 is 15.9 Å². The van der Waals surface area contributed by atoms with Crippen LogP contribution in [0.3, 0.4) is 0 Å². The molecule has 4 heteroatoms. The topological polar surface area (TPSA) is 41.1 Å². The van der Waals surface area contributed by atoms with Gasteiger partial charge in [-0.1, -0.05) is 40.2 Å². The third-order valence-corrected chi connectivity index (χ3v) is 3.87. The smallest absolute Gasteiger partial charge is 0.319 e. The fourth-order valence-corrected chi connectivity index (χ4v) is 2.61. The van der Waals surface area contributed by atoms with Gasteiger partial charge < -0.3 is 10.6 Å². The zero-order valence-electron chi connectivity index (χ0n) is 12.2. The first-order valence-electron chi connectivity index (χ1n) is 6.92. The number of amides is 2. The molecule has 0 aliphatic carbocycles. The van der Waals surface area contributed by atoms with E-state index >= 15 is 0 Å². The monoisotopic (exact) mass is 346 g/mol. The molecule has 2 aromatic carbocycles. The van der Waals surface area contributed by atoms with Gasteiger partial charge in [0, 0.05) is 16.7 Å². The zero-order valence-corrected chi connectivity index (χ0v) is 13.8. The van der Waals surface area contributed by atoms with Crippen LogP contribution in [-0.2, 0) is 6.42 Å². The fraction of sp³-hybridized carbons (Fsp3) is 0.235. The van der Waals surface area contributed by atoms with Crippen molar-refractivity contribution in [2.45, 2.75) is 20.3 Å². The standard InChI is InChI=1S/C17H19BrN2O/c1-12-5-3-4-6-14(12)9-10-19-17(21)20-16-8-7-15(18)11-13(16)2/h3-8,11H,9-10H2,1-2H3,(H2,19,20,21). The predicted octanol–water partition coefficient (Wildman–Crippen LogP) is 4.43. The Morgan fingerprint density at radius 2 is 1.86 bits per heavy atom. The number of anilines is 1. The summed E-state index contributed by atoms with van der Waals surface area (Å²) in [5.41, 5.74) is 4.37. The molecule has 3 nitrogen and oxygen atoms in total. The number of halogens is 1. The molecule has 2 N–H and O–H groups in total. The maximum atomic E-state index is 11.9. The van der Waals surface area contributed by atoms with Gasteiger partial charge in [-0.25, -0.2) is 4.79 Å². The molecule has 0 spiro atoms. The van der Waals surface area contributed by atoms with Crippen LogP contribution < -0.4 is 10.6 Å². The van der Waals surface area contributed by atoms with Gasteiger partial charge in [0.15, 0.2) is 0 Å². The van der Waals surface area contributed by atoms with E-state index in [4.69, 9.17) is 0 Å². The van der Waals surface area contributed by atoms with E-state index in [0.717, 1.165) is 22.1 Å². The number of urea groups is 1. The molecule has 0 bridgehead atoms. The molecule has 0 radical (unpaired) electrons. The molecule has 21 heavy (non-hydrogen) atoms. The van der Waals surface area contributed by atoms with Gasteiger partial charge in [-0.2, -0.15) is 0 Å². The molecule has 0 aliphatic rings. The average Bonchev–Trinajstić information content (AvgIpc) is 2.44. The molecule has 0 fully saturated rings. The minimum Gasteiger partial charge on any atom is -0.338 e. The Bertz CT molecular complexity index is 640. The van der Waals surface area contributed by atoms with Gasteiger partial charge in [0.05, 0.1) is 0 Å². The molecule has 0 saturated heterocycles. The average molecular weight is 347 g/mol. The van der Waals surface area contributed by atoms with Gasteiger partial charge in [0.1, 0.15) is 0 Å². The maximum absolute atomic E-state index is 11.9. The summed E-state index contributed by atoms with van der Waals surface area (Å²) in [4.78, 5) is 11.9. The van der Waals surface area contributed by atoms with Gasteiger partial charge in [0.2, 0.25) is 0 Å². The van der Waals surface area contributed by atoms with Crippen molar-refractivity contribution in [2.75, 3.05) is 11.9 Å². The van der Waals surface area contributed by atoms with Crippen LogP contribution in [0.2, 0.25) is 0 Å². The molecule has 0 heterocycles. The maximum Gasteiger partial charge on any atom is 0.319 e. The first-order valence-corrected chi connectivity index (χ1v) is 7.71. The highest BCUT2D eigenvalue weighted by atomic mass is 79.9. The van der Waals surface area contributed by atoms with Gasteiger partial charge in [0.25, 0.3) is 0 Å². The molecule has 0 aromatic heterocycles. The van der Waals surface area contributed by atoms with E-state index in [1.54, 1.807) is 0 Å². The molecule has 0 unspecified atom stereocenters. The van der Waals surface area contributed by atoms with Crippen molar-refractivity contribution in [3.8, 4) is 0 Å². The summed E-state index contributed by atoms with van der Waals surface area (Å²) in [6.45, 7) is 4.67. The number of hydrogen-bond donors (Lipinski definition) is 2. The summed E-state index contributed by atoms with van der Waals surface area (Å²) in [6.07, 6.45) is 0.833. The highest BCUT2D eigenvalue weighted by molar-refractivity contribution is 9.10. The Kier molecular flexibility index (Phi) is 5.39. The number of rotatable bonds is 4. The van der Waals surface area contributed by atoms with E-state index < -0.39 is 0 Å². The molecule has 0 saturated carbocycles. The van der Waals surface area contributed by atoms with E-state index in [9.17, 15) is 4.79 Å². The van der Waals surface area contributed by atoms with E-state index in [1.165, 1.54) is 11.1 Å². The summed E-state index contributed by atoms with van der Waals surface area (Å²) in [5.74, 6) is 0. The third kappa shape index (κ3) is 4.60. The van der Waals surface area contributed by atoms with E-state index in [1.807, 2.05) is 37.3 Å². The second kappa shape index (κ2) is 7.27. The zero-order chi connectivity index (χ0) is 15.2. The van der Waals surface area contributed by atoms with Gasteiger partial charge in [-0.15, -0.1) is 0 Å². The molecule has 110 valence electrons. The van der Waals surface area contributed by atoms with E-state index in [-0.39, 0.29) is 6.03 Å². The number of hydrogen-bond acceptors (Lipinski definition) is 1. The second-order valence-corrected chi connectivity index (χ2v) is 5.93. The Labute approximate surface area is 133 Å². The molecular formula is C17H19BrN2O. The highest BCUT2D eigenvalue weighted by Gasteiger charge is 2.04. The van der Waals surface area contributed by atoms with Gasteiger partial charge in [-0.05, 0) is 55.2 Å². The second-order valence-electron chi connectivity index (χ2n) is 5.02. The fourth-order valence-electron chi connectivity index (χ4n) is 2.14. The predicted molar refractivity (Wildman–Crippen MR) is 90.8 cm³/mol. The van der Waals surface area contributed by atoms with Crippen LogP contribution in [0.5, 0.6) is 0 Å². The lowest BCUT2D eigenvalue weighted by molar-refractivity contribution is 0.252. The van der Waals surface area contributed by atoms with Crippen LogP contribution in [0.25, 0.3) is 0 Å². The normalized spacial score (nSPS) is 10.2. The minimum absolute atomic E-state index is 0.172. The van der Waals surface area contributed by atoms with Crippen LogP contribution in [0.4, 0.5) is 10.5 Å². The lowest BCUT2D eigenvalue weighted by atomic mass is 10.1. The van der Waals surface area contributed by atoms with E-state index in [0.29, 0.717) is 6.54 Å². The van der Waals surface area contributed by atoms with Crippen molar-refractivity contribution in [1.82, 2.24) is 5.32 Å². The molecule has 2 rings (SSSR count). The molecular weight excluding hydrogens is 328 g/mol. The summed E-state index contributed by atoms with van der Waals surface area (Å²) >= 11 is 3.41. The van der Waals surface area contributed by atoms with Crippen LogP contribution in [0.15, 0.2) is 46.9 Å². The lowest BCUT2D eigenvalue weighted by Gasteiger charge is -2.11. The van der Waals surface area contributed by atoms with Crippen LogP contribution in [-0.4, -0.2) is 12.6 Å². The Hall–Kier alpha value is -1.81. The quantitative estimate of drug-likeness (QED) is 0.844. The Balaban J connectivity index is 1.84. The van der Waals surface area contributed by atoms with Crippen LogP contribution in [0, 0.1) is 13.8 Å². The highest BCUT2D eigenvalue weighted by Crippen LogP contribution is 2.19. The number of nitrogens with one attached hydrogen (secondary N) is 2. The van der Waals surface area contributed by atoms with Gasteiger partial charge in [-0.3, -0.25) is 0 Å². The van der Waals surface area contributed by atoms with Gasteiger partial charge >= 0.3 is 6.03 Å². The lowest BCUT2D eigenvalue weighted by Crippen LogP contribution is -2.30. The van der Waals surface area contributed by atoms with E-state index in [2.05, 4.69) is 45.6 Å². The Morgan fingerprint density at radius 3 is 2.57 bits per heavy atom. The summed E-state index contributed by atoms with van der Waals surface area (Å²) in [5, 5.41) is 5.75. The first-order chi connectivity index (χ1) is 10.1. The SMILES string of the molecule is Cc1ccccc1CCNC(=O)Nc1ccc(Br)cc1C. The van der Waals surface area contributed by atoms with Crippen molar-refractivity contribution in [1.29, 1.82) is 0 Å². The Morgan fingerprint density at radius 1 is 1.10 bits per heavy atom. The van der Waals surface area contributed by atoms with Crippen molar-refractivity contribution < 1.29 is 4.79 Å². The third-order valence-electron chi connectivity index (χ3n) is 3.38. The summed E-state index contributed by atoms with van der Waals surface area (Å²) < 4.78 is 1.01. The number of carbonyl (C=O) groups excluding carboxylic acids is 1. The molecule has 2 aromatic rings. The number of carbonyl (C=O) groups is 1. The van der Waals surface area contributed by atoms with Crippen molar-refractivity contribution in [2.24, 2.45) is 0 Å². The molecule has 2 amide bonds. The minimum atomic E-state index is -0.172. The van der Waals surface area contributed by atoms with Crippen molar-refractivity contribution >= 4 is 27.6 Å². The summed E-state index contributed by atoms with van der Waals surface area (Å²) in [7, 11) is 0. The first kappa shape index (κ1) is 15.6. The molecule has 0 atom stereocenters. The largest absolute Gasteiger partial charge is 0.338 e. The summed E-state index contributed by atoms with van der Waals surface area (Å²) in [6, 6.07) is 13.8.